The van der Waals surface area contributed by atoms with Crippen LogP contribution in [-0.4, -0.2) is 0 Å². The Hall–Kier alpha value is 0.220. The Bertz CT molecular complexity index is 77.1. The van der Waals surface area contributed by atoms with Gasteiger partial charge < -0.3 is 0 Å². The second kappa shape index (κ2) is 6.34. The standard InChI is InChI=1S/C8H12.Ag/c1-2-4-6-8-7-5-3-1;/h1-2,7-8H,3-6H2;/b2-1-,8-7-;. The summed E-state index contributed by atoms with van der Waals surface area (Å²) < 4.78 is 0. The van der Waals surface area contributed by atoms with E-state index >= 15 is 0 Å². The summed E-state index contributed by atoms with van der Waals surface area (Å²) in [6, 6.07) is 0. The van der Waals surface area contributed by atoms with Crippen molar-refractivity contribution in [1.29, 1.82) is 0 Å². The van der Waals surface area contributed by atoms with E-state index in [4.69, 9.17) is 0 Å². The maximum Gasteiger partial charge on any atom is 0 e. The first-order chi connectivity index (χ1) is 4.00. The molecule has 0 bridgehead atoms. The fraction of sp³-hybridized carbons (Fsp3) is 0.500. The summed E-state index contributed by atoms with van der Waals surface area (Å²) >= 11 is 0. The van der Waals surface area contributed by atoms with Gasteiger partial charge in [0, 0.05) is 22.4 Å². The molecule has 1 radical (unpaired) electrons. The van der Waals surface area contributed by atoms with Gasteiger partial charge in [-0.2, -0.15) is 0 Å². The van der Waals surface area contributed by atoms with Crippen LogP contribution < -0.4 is 0 Å². The van der Waals surface area contributed by atoms with Gasteiger partial charge in [0.05, 0.1) is 0 Å². The van der Waals surface area contributed by atoms with E-state index in [9.17, 15) is 0 Å². The molecule has 1 aliphatic rings. The third-order valence-corrected chi connectivity index (χ3v) is 1.33. The summed E-state index contributed by atoms with van der Waals surface area (Å²) in [5, 5.41) is 0. The molecule has 1 aliphatic carbocycles. The van der Waals surface area contributed by atoms with Crippen LogP contribution in [-0.2, 0) is 22.4 Å². The van der Waals surface area contributed by atoms with Crippen molar-refractivity contribution >= 4 is 0 Å². The number of rotatable bonds is 0. The minimum Gasteiger partial charge on any atom is -0.0882 e. The molecule has 0 atom stereocenters. The molecule has 0 aromatic carbocycles. The Morgan fingerprint density at radius 2 is 0.778 bits per heavy atom. The third kappa shape index (κ3) is 4.71. The monoisotopic (exact) mass is 215 g/mol. The second-order valence-electron chi connectivity index (χ2n) is 2.10. The van der Waals surface area contributed by atoms with Gasteiger partial charge in [0.1, 0.15) is 0 Å². The Kier molecular flexibility index (Phi) is 6.50. The maximum atomic E-state index is 2.27. The number of allylic oxidation sites excluding steroid dienone is 4. The van der Waals surface area contributed by atoms with Crippen LogP contribution in [0.15, 0.2) is 24.3 Å². The molecule has 1 heteroatoms. The molecular formula is C8H12Ag. The molecule has 0 nitrogen and oxygen atoms in total. The summed E-state index contributed by atoms with van der Waals surface area (Å²) in [6.45, 7) is 0. The average Bonchev–Trinajstić information content (AvgIpc) is 1.62. The van der Waals surface area contributed by atoms with Crippen LogP contribution in [0.4, 0.5) is 0 Å². The van der Waals surface area contributed by atoms with Gasteiger partial charge in [-0.15, -0.1) is 0 Å². The minimum atomic E-state index is 0. The van der Waals surface area contributed by atoms with Crippen LogP contribution in [0, 0.1) is 0 Å². The van der Waals surface area contributed by atoms with E-state index < -0.39 is 0 Å². The molecule has 0 amide bonds. The first-order valence-corrected chi connectivity index (χ1v) is 3.30. The van der Waals surface area contributed by atoms with Gasteiger partial charge in [0.25, 0.3) is 0 Å². The Morgan fingerprint density at radius 1 is 0.556 bits per heavy atom. The van der Waals surface area contributed by atoms with Gasteiger partial charge in [-0.1, -0.05) is 24.3 Å². The molecule has 0 N–H and O–H groups in total. The largest absolute Gasteiger partial charge is 0.0882 e. The van der Waals surface area contributed by atoms with Crippen molar-refractivity contribution in [1.82, 2.24) is 0 Å². The van der Waals surface area contributed by atoms with Crippen LogP contribution in [0.3, 0.4) is 0 Å². The fourth-order valence-electron chi connectivity index (χ4n) is 0.856. The third-order valence-electron chi connectivity index (χ3n) is 1.33. The Morgan fingerprint density at radius 3 is 1.00 bits per heavy atom. The molecule has 0 saturated heterocycles. The van der Waals surface area contributed by atoms with Gasteiger partial charge in [-0.05, 0) is 25.7 Å². The van der Waals surface area contributed by atoms with Crippen LogP contribution in [0.25, 0.3) is 0 Å². The molecule has 55 valence electrons. The summed E-state index contributed by atoms with van der Waals surface area (Å²) in [5.41, 5.74) is 0. The van der Waals surface area contributed by atoms with Crippen LogP contribution in [0.2, 0.25) is 0 Å². The summed E-state index contributed by atoms with van der Waals surface area (Å²) in [4.78, 5) is 0. The minimum absolute atomic E-state index is 0. The molecular weight excluding hydrogens is 204 g/mol. The van der Waals surface area contributed by atoms with Crippen LogP contribution >= 0.6 is 0 Å². The van der Waals surface area contributed by atoms with E-state index in [1.807, 2.05) is 0 Å². The topological polar surface area (TPSA) is 0 Å². The molecule has 0 aromatic heterocycles. The molecule has 0 aromatic rings. The fourth-order valence-corrected chi connectivity index (χ4v) is 0.856. The van der Waals surface area contributed by atoms with Crippen LogP contribution in [0.5, 0.6) is 0 Å². The van der Waals surface area contributed by atoms with Crippen molar-refractivity contribution in [3.63, 3.8) is 0 Å². The summed E-state index contributed by atoms with van der Waals surface area (Å²) in [6.07, 6.45) is 14.0. The van der Waals surface area contributed by atoms with Gasteiger partial charge in [-0.25, -0.2) is 0 Å². The zero-order valence-corrected chi connectivity index (χ0v) is 6.92. The zero-order chi connectivity index (χ0) is 5.66. The molecule has 0 fully saturated rings. The molecule has 0 saturated carbocycles. The SMILES string of the molecule is C1=C\CC/C=C\CC/1.[Ag]. The zero-order valence-electron chi connectivity index (χ0n) is 5.44. The van der Waals surface area contributed by atoms with E-state index in [1.165, 1.54) is 25.7 Å². The van der Waals surface area contributed by atoms with E-state index in [-0.39, 0.29) is 22.4 Å². The average molecular weight is 216 g/mol. The van der Waals surface area contributed by atoms with Crippen molar-refractivity contribution in [2.45, 2.75) is 25.7 Å². The predicted octanol–water partition coefficient (Wildman–Crippen LogP) is 2.67. The second-order valence-corrected chi connectivity index (χ2v) is 2.10. The molecule has 0 spiro atoms. The van der Waals surface area contributed by atoms with Gasteiger partial charge in [-0.3, -0.25) is 0 Å². The van der Waals surface area contributed by atoms with Gasteiger partial charge in [0.15, 0.2) is 0 Å². The van der Waals surface area contributed by atoms with Crippen molar-refractivity contribution in [3.8, 4) is 0 Å². The van der Waals surface area contributed by atoms with Crippen LogP contribution in [0.1, 0.15) is 25.7 Å². The maximum absolute atomic E-state index is 2.27. The van der Waals surface area contributed by atoms with Crippen molar-refractivity contribution < 1.29 is 22.4 Å². The number of hydrogen-bond donors (Lipinski definition) is 0. The normalized spacial score (nSPS) is 24.9. The Balaban J connectivity index is 0.000000640. The van der Waals surface area contributed by atoms with Crippen molar-refractivity contribution in [3.05, 3.63) is 24.3 Å². The Labute approximate surface area is 72.5 Å². The smallest absolute Gasteiger partial charge is 0 e. The summed E-state index contributed by atoms with van der Waals surface area (Å²) in [7, 11) is 0. The molecule has 0 unspecified atom stereocenters. The first-order valence-electron chi connectivity index (χ1n) is 3.30. The van der Waals surface area contributed by atoms with Gasteiger partial charge in [0.2, 0.25) is 0 Å². The van der Waals surface area contributed by atoms with Gasteiger partial charge >= 0.3 is 0 Å². The van der Waals surface area contributed by atoms with E-state index in [2.05, 4.69) is 24.3 Å². The predicted molar refractivity (Wildman–Crippen MR) is 36.7 cm³/mol. The van der Waals surface area contributed by atoms with E-state index in [0.717, 1.165) is 0 Å². The van der Waals surface area contributed by atoms with Crippen molar-refractivity contribution in [2.24, 2.45) is 0 Å². The molecule has 0 heterocycles. The quantitative estimate of drug-likeness (QED) is 0.431. The molecule has 9 heavy (non-hydrogen) atoms. The van der Waals surface area contributed by atoms with E-state index in [0.29, 0.717) is 0 Å². The molecule has 0 aliphatic heterocycles. The number of hydrogen-bond acceptors (Lipinski definition) is 0. The van der Waals surface area contributed by atoms with Crippen molar-refractivity contribution in [2.75, 3.05) is 0 Å². The summed E-state index contributed by atoms with van der Waals surface area (Å²) in [5.74, 6) is 0. The first kappa shape index (κ1) is 9.22. The molecule has 1 rings (SSSR count). The van der Waals surface area contributed by atoms with E-state index in [1.54, 1.807) is 0 Å².